The quantitative estimate of drug-likeness (QED) is 0.421. The zero-order valence-corrected chi connectivity index (χ0v) is 20.0. The Labute approximate surface area is 183 Å². The number of carbonyl (C=O) groups excluding carboxylic acids is 1. The van der Waals surface area contributed by atoms with Gasteiger partial charge in [-0.1, -0.05) is 101 Å². The lowest BCUT2D eigenvalue weighted by atomic mass is 9.72. The van der Waals surface area contributed by atoms with Crippen LogP contribution in [0.1, 0.15) is 78.6 Å². The summed E-state index contributed by atoms with van der Waals surface area (Å²) < 4.78 is 0. The summed E-state index contributed by atoms with van der Waals surface area (Å²) in [6.45, 7) is 6.80. The van der Waals surface area contributed by atoms with Gasteiger partial charge in [0.05, 0.1) is 0 Å². The number of unbranched alkanes of at least 4 members (excludes halogenated alkanes) is 2. The lowest BCUT2D eigenvalue weighted by Crippen LogP contribution is -2.65. The van der Waals surface area contributed by atoms with E-state index in [-0.39, 0.29) is 10.5 Å². The largest absolute Gasteiger partial charge is 0.424 e. The SMILES string of the molecule is CC(C)(CCCCC[C@]1(C)CCCC(=O)C1)[Si](O)(c1ccccc1)c1ccccc1. The first-order valence-electron chi connectivity index (χ1n) is 11.6. The van der Waals surface area contributed by atoms with Gasteiger partial charge in [0.2, 0.25) is 0 Å². The molecule has 0 radical (unpaired) electrons. The maximum Gasteiger partial charge on any atom is 0.258 e. The molecule has 0 heterocycles. The molecule has 0 saturated heterocycles. The highest BCUT2D eigenvalue weighted by Gasteiger charge is 2.49. The lowest BCUT2D eigenvalue weighted by Gasteiger charge is -2.41. The van der Waals surface area contributed by atoms with E-state index in [2.05, 4.69) is 45.0 Å². The Hall–Kier alpha value is -1.71. The second-order valence-corrected chi connectivity index (χ2v) is 14.2. The maximum absolute atomic E-state index is 12.2. The number of rotatable bonds is 9. The number of hydrogen-bond donors (Lipinski definition) is 1. The predicted molar refractivity (Wildman–Crippen MR) is 129 cm³/mol. The molecule has 1 fully saturated rings. The van der Waals surface area contributed by atoms with Gasteiger partial charge in [-0.3, -0.25) is 4.79 Å². The van der Waals surface area contributed by atoms with Gasteiger partial charge in [0.25, 0.3) is 8.32 Å². The minimum atomic E-state index is -2.89. The monoisotopic (exact) mass is 422 g/mol. The fourth-order valence-electron chi connectivity index (χ4n) is 5.36. The molecule has 2 nitrogen and oxygen atoms in total. The lowest BCUT2D eigenvalue weighted by molar-refractivity contribution is -0.123. The van der Waals surface area contributed by atoms with Crippen molar-refractivity contribution in [2.24, 2.45) is 5.41 Å². The average molecular weight is 423 g/mol. The van der Waals surface area contributed by atoms with E-state index < -0.39 is 8.32 Å². The van der Waals surface area contributed by atoms with Crippen LogP contribution in [0.15, 0.2) is 60.7 Å². The summed E-state index contributed by atoms with van der Waals surface area (Å²) >= 11 is 0. The van der Waals surface area contributed by atoms with Crippen LogP contribution < -0.4 is 10.4 Å². The minimum absolute atomic E-state index is 0.166. The van der Waals surface area contributed by atoms with Gasteiger partial charge in [0.15, 0.2) is 0 Å². The molecular weight excluding hydrogens is 384 g/mol. The van der Waals surface area contributed by atoms with Gasteiger partial charge in [0, 0.05) is 12.8 Å². The fraction of sp³-hybridized carbons (Fsp3) is 0.519. The van der Waals surface area contributed by atoms with Gasteiger partial charge >= 0.3 is 0 Å². The van der Waals surface area contributed by atoms with Gasteiger partial charge < -0.3 is 4.80 Å². The molecule has 1 N–H and O–H groups in total. The summed E-state index contributed by atoms with van der Waals surface area (Å²) in [6, 6.07) is 20.6. The molecule has 0 aromatic heterocycles. The molecule has 0 spiro atoms. The predicted octanol–water partition coefficient (Wildman–Crippen LogP) is 5.62. The molecular formula is C27H38O2Si. The van der Waals surface area contributed by atoms with E-state index in [1.165, 1.54) is 19.3 Å². The molecule has 1 aliphatic rings. The molecule has 0 unspecified atom stereocenters. The summed E-state index contributed by atoms with van der Waals surface area (Å²) in [5, 5.41) is 2.02. The molecule has 1 saturated carbocycles. The van der Waals surface area contributed by atoms with Crippen molar-refractivity contribution in [3.63, 3.8) is 0 Å². The zero-order valence-electron chi connectivity index (χ0n) is 19.0. The number of hydrogen-bond acceptors (Lipinski definition) is 2. The van der Waals surface area contributed by atoms with Crippen LogP contribution in [-0.2, 0) is 4.79 Å². The Morgan fingerprint density at radius 1 is 0.933 bits per heavy atom. The summed E-state index contributed by atoms with van der Waals surface area (Å²) in [4.78, 5) is 24.1. The molecule has 30 heavy (non-hydrogen) atoms. The molecule has 2 aromatic rings. The van der Waals surface area contributed by atoms with Crippen molar-refractivity contribution in [1.29, 1.82) is 0 Å². The molecule has 0 bridgehead atoms. The Morgan fingerprint density at radius 3 is 2.03 bits per heavy atom. The molecule has 3 heteroatoms. The van der Waals surface area contributed by atoms with Gasteiger partial charge in [-0.25, -0.2) is 0 Å². The van der Waals surface area contributed by atoms with E-state index in [9.17, 15) is 9.59 Å². The summed E-state index contributed by atoms with van der Waals surface area (Å²) in [7, 11) is -2.89. The van der Waals surface area contributed by atoms with Crippen LogP contribution in [0.2, 0.25) is 5.04 Å². The molecule has 0 aliphatic heterocycles. The Kier molecular flexibility index (Phi) is 7.36. The van der Waals surface area contributed by atoms with Crippen LogP contribution >= 0.6 is 0 Å². The molecule has 2 aromatic carbocycles. The van der Waals surface area contributed by atoms with Crippen molar-refractivity contribution in [3.8, 4) is 0 Å². The van der Waals surface area contributed by atoms with Crippen LogP contribution in [0.3, 0.4) is 0 Å². The number of ketones is 1. The van der Waals surface area contributed by atoms with Crippen molar-refractivity contribution >= 4 is 24.5 Å². The Bertz CT molecular complexity index is 776. The fourth-order valence-corrected chi connectivity index (χ4v) is 9.15. The van der Waals surface area contributed by atoms with E-state index in [0.717, 1.165) is 48.9 Å². The van der Waals surface area contributed by atoms with E-state index >= 15 is 0 Å². The van der Waals surface area contributed by atoms with E-state index in [1.807, 2.05) is 36.4 Å². The first-order chi connectivity index (χ1) is 14.3. The summed E-state index contributed by atoms with van der Waals surface area (Å²) in [5.74, 6) is 0.451. The van der Waals surface area contributed by atoms with Crippen molar-refractivity contribution in [3.05, 3.63) is 60.7 Å². The molecule has 162 valence electrons. The van der Waals surface area contributed by atoms with Crippen molar-refractivity contribution in [1.82, 2.24) is 0 Å². The minimum Gasteiger partial charge on any atom is -0.424 e. The third kappa shape index (κ3) is 5.12. The molecule has 1 aliphatic carbocycles. The van der Waals surface area contributed by atoms with Crippen LogP contribution in [0.4, 0.5) is 0 Å². The second-order valence-electron chi connectivity index (χ2n) is 10.3. The summed E-state index contributed by atoms with van der Waals surface area (Å²) in [6.07, 6.45) is 9.43. The molecule has 1 atom stereocenters. The Morgan fingerprint density at radius 2 is 1.50 bits per heavy atom. The van der Waals surface area contributed by atoms with Crippen LogP contribution in [0, 0.1) is 5.41 Å². The maximum atomic E-state index is 12.2. The average Bonchev–Trinajstić information content (AvgIpc) is 2.73. The third-order valence-electron chi connectivity index (χ3n) is 7.30. The first kappa shape index (κ1) is 23.0. The van der Waals surface area contributed by atoms with Gasteiger partial charge in [-0.2, -0.15) is 0 Å². The highest BCUT2D eigenvalue weighted by Crippen LogP contribution is 2.42. The number of benzene rings is 2. The highest BCUT2D eigenvalue weighted by molar-refractivity contribution is 6.98. The second kappa shape index (κ2) is 9.61. The highest BCUT2D eigenvalue weighted by atomic mass is 28.4. The van der Waals surface area contributed by atoms with Crippen molar-refractivity contribution in [2.75, 3.05) is 0 Å². The zero-order chi connectivity index (χ0) is 21.7. The van der Waals surface area contributed by atoms with Gasteiger partial charge in [-0.05, 0) is 46.5 Å². The van der Waals surface area contributed by atoms with E-state index in [1.54, 1.807) is 0 Å². The van der Waals surface area contributed by atoms with Crippen LogP contribution in [-0.4, -0.2) is 18.9 Å². The van der Waals surface area contributed by atoms with Crippen LogP contribution in [0.25, 0.3) is 0 Å². The standard InChI is InChI=1S/C27H38O2Si/c1-26(2,19-11-6-12-20-27(3)21-13-14-23(28)22-27)30(29,24-15-7-4-8-16-24)25-17-9-5-10-18-25/h4-5,7-10,15-18,29H,6,11-14,19-22H2,1-3H3/t27-/m1/s1. The molecule has 0 amide bonds. The third-order valence-corrected chi connectivity index (χ3v) is 11.9. The van der Waals surface area contributed by atoms with E-state index in [4.69, 9.17) is 0 Å². The smallest absolute Gasteiger partial charge is 0.258 e. The van der Waals surface area contributed by atoms with Gasteiger partial charge in [0.1, 0.15) is 5.78 Å². The summed E-state index contributed by atoms with van der Waals surface area (Å²) in [5.41, 5.74) is 0.217. The topological polar surface area (TPSA) is 37.3 Å². The first-order valence-corrected chi connectivity index (χ1v) is 13.6. The van der Waals surface area contributed by atoms with Crippen molar-refractivity contribution < 1.29 is 9.59 Å². The van der Waals surface area contributed by atoms with Crippen molar-refractivity contribution in [2.45, 2.75) is 83.6 Å². The Balaban J connectivity index is 1.65. The number of carbonyl (C=O) groups is 1. The number of Topliss-reactive ketones (excluding diaryl/α,β-unsaturated/α-hetero) is 1. The van der Waals surface area contributed by atoms with E-state index in [0.29, 0.717) is 5.78 Å². The van der Waals surface area contributed by atoms with Crippen LogP contribution in [0.5, 0.6) is 0 Å². The van der Waals surface area contributed by atoms with Gasteiger partial charge in [-0.15, -0.1) is 0 Å². The normalized spacial score (nSPS) is 20.3. The molecule has 3 rings (SSSR count).